The molecule has 7 nitrogen and oxygen atoms in total. The molecule has 114 valence electrons. The van der Waals surface area contributed by atoms with Crippen LogP contribution in [0.4, 0.5) is 4.79 Å². The quantitative estimate of drug-likeness (QED) is 0.730. The van der Waals surface area contributed by atoms with E-state index in [0.29, 0.717) is 39.1 Å². The Morgan fingerprint density at radius 2 is 1.75 bits per heavy atom. The topological polar surface area (TPSA) is 86.8 Å². The predicted molar refractivity (Wildman–Crippen MR) is 74.0 cm³/mol. The van der Waals surface area contributed by atoms with Crippen LogP contribution in [0, 0.1) is 5.92 Å². The SMILES string of the molecule is CCNC(=O)N1CCN(C(=O)C2CCS(=O)(=O)C2)CC1. The van der Waals surface area contributed by atoms with Gasteiger partial charge in [0.05, 0.1) is 17.4 Å². The molecule has 20 heavy (non-hydrogen) atoms. The molecule has 1 unspecified atom stereocenters. The summed E-state index contributed by atoms with van der Waals surface area (Å²) in [7, 11) is -3.03. The van der Waals surface area contributed by atoms with Crippen molar-refractivity contribution in [2.24, 2.45) is 5.92 Å². The lowest BCUT2D eigenvalue weighted by atomic mass is 10.1. The Balaban J connectivity index is 1.85. The number of carbonyl (C=O) groups is 2. The first kappa shape index (κ1) is 15.1. The largest absolute Gasteiger partial charge is 0.339 e. The van der Waals surface area contributed by atoms with E-state index in [1.54, 1.807) is 9.80 Å². The van der Waals surface area contributed by atoms with Crippen LogP contribution in [0.25, 0.3) is 0 Å². The molecular formula is C12H21N3O4S. The van der Waals surface area contributed by atoms with E-state index in [9.17, 15) is 18.0 Å². The fourth-order valence-corrected chi connectivity index (χ4v) is 4.37. The number of sulfone groups is 1. The Kier molecular flexibility index (Phi) is 4.52. The first-order valence-corrected chi connectivity index (χ1v) is 8.77. The van der Waals surface area contributed by atoms with Crippen molar-refractivity contribution >= 4 is 21.8 Å². The van der Waals surface area contributed by atoms with Gasteiger partial charge < -0.3 is 15.1 Å². The Bertz CT molecular complexity index is 483. The summed E-state index contributed by atoms with van der Waals surface area (Å²) in [5.41, 5.74) is 0. The number of urea groups is 1. The second-order valence-corrected chi connectivity index (χ2v) is 7.48. The summed E-state index contributed by atoms with van der Waals surface area (Å²) in [6.45, 7) is 4.39. The molecule has 0 bridgehead atoms. The van der Waals surface area contributed by atoms with Gasteiger partial charge in [-0.05, 0) is 13.3 Å². The summed E-state index contributed by atoms with van der Waals surface area (Å²) in [5.74, 6) is -0.386. The van der Waals surface area contributed by atoms with Crippen LogP contribution < -0.4 is 5.32 Å². The maximum absolute atomic E-state index is 12.2. The van der Waals surface area contributed by atoms with Crippen LogP contribution in [0.5, 0.6) is 0 Å². The molecule has 3 amide bonds. The minimum absolute atomic E-state index is 0.0254. The average molecular weight is 303 g/mol. The van der Waals surface area contributed by atoms with Crippen LogP contribution in [-0.4, -0.2) is 74.4 Å². The van der Waals surface area contributed by atoms with Gasteiger partial charge in [-0.25, -0.2) is 13.2 Å². The van der Waals surface area contributed by atoms with E-state index in [4.69, 9.17) is 0 Å². The van der Waals surface area contributed by atoms with Crippen LogP contribution in [0.1, 0.15) is 13.3 Å². The predicted octanol–water partition coefficient (Wildman–Crippen LogP) is -0.705. The highest BCUT2D eigenvalue weighted by Crippen LogP contribution is 2.21. The lowest BCUT2D eigenvalue weighted by Gasteiger charge is -2.35. The van der Waals surface area contributed by atoms with Crippen molar-refractivity contribution in [3.05, 3.63) is 0 Å². The van der Waals surface area contributed by atoms with Crippen LogP contribution in [0.2, 0.25) is 0 Å². The number of hydrogen-bond donors (Lipinski definition) is 1. The van der Waals surface area contributed by atoms with Gasteiger partial charge in [0.15, 0.2) is 9.84 Å². The van der Waals surface area contributed by atoms with Crippen molar-refractivity contribution in [2.45, 2.75) is 13.3 Å². The van der Waals surface area contributed by atoms with E-state index < -0.39 is 15.8 Å². The van der Waals surface area contributed by atoms with Gasteiger partial charge in [-0.3, -0.25) is 4.79 Å². The third-order valence-corrected chi connectivity index (χ3v) is 5.56. The fourth-order valence-electron chi connectivity index (χ4n) is 2.64. The second-order valence-electron chi connectivity index (χ2n) is 5.25. The highest BCUT2D eigenvalue weighted by Gasteiger charge is 2.36. The molecule has 1 N–H and O–H groups in total. The molecule has 1 atom stereocenters. The molecule has 2 aliphatic rings. The summed E-state index contributed by atoms with van der Waals surface area (Å²) >= 11 is 0. The van der Waals surface area contributed by atoms with Crippen molar-refractivity contribution in [1.29, 1.82) is 0 Å². The van der Waals surface area contributed by atoms with E-state index in [1.807, 2.05) is 6.92 Å². The van der Waals surface area contributed by atoms with E-state index in [2.05, 4.69) is 5.32 Å². The summed E-state index contributed by atoms with van der Waals surface area (Å²) in [6, 6.07) is -0.108. The number of hydrogen-bond acceptors (Lipinski definition) is 4. The number of nitrogens with one attached hydrogen (secondary N) is 1. The molecule has 0 aromatic rings. The lowest BCUT2D eigenvalue weighted by molar-refractivity contribution is -0.136. The normalized spacial score (nSPS) is 25.6. The molecule has 2 heterocycles. The standard InChI is InChI=1S/C12H21N3O4S/c1-2-13-12(17)15-6-4-14(5-7-15)11(16)10-3-8-20(18,19)9-10/h10H,2-9H2,1H3,(H,13,17). The minimum Gasteiger partial charge on any atom is -0.339 e. The number of nitrogens with zero attached hydrogens (tertiary/aromatic N) is 2. The van der Waals surface area contributed by atoms with Crippen molar-refractivity contribution in [1.82, 2.24) is 15.1 Å². The van der Waals surface area contributed by atoms with Gasteiger partial charge in [0.2, 0.25) is 5.91 Å². The summed E-state index contributed by atoms with van der Waals surface area (Å²) in [6.07, 6.45) is 0.428. The third-order valence-electron chi connectivity index (χ3n) is 3.79. The second kappa shape index (κ2) is 5.99. The van der Waals surface area contributed by atoms with Crippen molar-refractivity contribution < 1.29 is 18.0 Å². The molecule has 2 aliphatic heterocycles. The van der Waals surface area contributed by atoms with Crippen molar-refractivity contribution in [3.8, 4) is 0 Å². The molecule has 0 spiro atoms. The van der Waals surface area contributed by atoms with Crippen LogP contribution in [-0.2, 0) is 14.6 Å². The Morgan fingerprint density at radius 3 is 2.25 bits per heavy atom. The van der Waals surface area contributed by atoms with Crippen LogP contribution >= 0.6 is 0 Å². The van der Waals surface area contributed by atoms with Crippen LogP contribution in [0.3, 0.4) is 0 Å². The monoisotopic (exact) mass is 303 g/mol. The fraction of sp³-hybridized carbons (Fsp3) is 0.833. The zero-order valence-corrected chi connectivity index (χ0v) is 12.5. The molecule has 8 heteroatoms. The summed E-state index contributed by atoms with van der Waals surface area (Å²) < 4.78 is 22.8. The number of piperazine rings is 1. The summed E-state index contributed by atoms with van der Waals surface area (Å²) in [5, 5.41) is 2.73. The number of amides is 3. The first-order chi connectivity index (χ1) is 9.43. The molecule has 0 saturated carbocycles. The minimum atomic E-state index is -3.03. The Hall–Kier alpha value is -1.31. The van der Waals surface area contributed by atoms with Gasteiger partial charge in [0.1, 0.15) is 0 Å². The zero-order chi connectivity index (χ0) is 14.8. The maximum Gasteiger partial charge on any atom is 0.317 e. The van der Waals surface area contributed by atoms with E-state index in [-0.39, 0.29) is 23.4 Å². The van der Waals surface area contributed by atoms with Gasteiger partial charge in [0.25, 0.3) is 0 Å². The highest BCUT2D eigenvalue weighted by molar-refractivity contribution is 7.91. The molecule has 2 rings (SSSR count). The number of rotatable bonds is 2. The van der Waals surface area contributed by atoms with Gasteiger partial charge in [0, 0.05) is 32.7 Å². The molecule has 0 aromatic carbocycles. The first-order valence-electron chi connectivity index (χ1n) is 6.95. The molecule has 0 aromatic heterocycles. The van der Waals surface area contributed by atoms with E-state index >= 15 is 0 Å². The van der Waals surface area contributed by atoms with Gasteiger partial charge in [-0.15, -0.1) is 0 Å². The molecular weight excluding hydrogens is 282 g/mol. The Morgan fingerprint density at radius 1 is 1.15 bits per heavy atom. The molecule has 0 radical (unpaired) electrons. The van der Waals surface area contributed by atoms with Gasteiger partial charge >= 0.3 is 6.03 Å². The smallest absolute Gasteiger partial charge is 0.317 e. The van der Waals surface area contributed by atoms with Crippen molar-refractivity contribution in [3.63, 3.8) is 0 Å². The van der Waals surface area contributed by atoms with E-state index in [1.165, 1.54) is 0 Å². The van der Waals surface area contributed by atoms with Crippen molar-refractivity contribution in [2.75, 3.05) is 44.2 Å². The van der Waals surface area contributed by atoms with Crippen LogP contribution in [0.15, 0.2) is 0 Å². The number of carbonyl (C=O) groups excluding carboxylic acids is 2. The third kappa shape index (κ3) is 3.41. The summed E-state index contributed by atoms with van der Waals surface area (Å²) in [4.78, 5) is 27.2. The molecule has 0 aliphatic carbocycles. The molecule has 2 saturated heterocycles. The maximum atomic E-state index is 12.2. The lowest BCUT2D eigenvalue weighted by Crippen LogP contribution is -2.54. The molecule has 2 fully saturated rings. The van der Waals surface area contributed by atoms with Gasteiger partial charge in [-0.1, -0.05) is 0 Å². The van der Waals surface area contributed by atoms with Gasteiger partial charge in [-0.2, -0.15) is 0 Å². The zero-order valence-electron chi connectivity index (χ0n) is 11.7. The average Bonchev–Trinajstić information content (AvgIpc) is 2.79. The highest BCUT2D eigenvalue weighted by atomic mass is 32.2. The van der Waals surface area contributed by atoms with E-state index in [0.717, 1.165) is 0 Å². The Labute approximate surface area is 119 Å².